The quantitative estimate of drug-likeness (QED) is 0.693. The number of benzene rings is 2. The van der Waals surface area contributed by atoms with Gasteiger partial charge in [0.1, 0.15) is 18.2 Å². The topological polar surface area (TPSA) is 38.3 Å². The van der Waals surface area contributed by atoms with Crippen molar-refractivity contribution in [3.05, 3.63) is 81.8 Å². The van der Waals surface area contributed by atoms with Crippen LogP contribution >= 0.6 is 11.3 Å². The van der Waals surface area contributed by atoms with Crippen molar-refractivity contribution in [3.8, 4) is 5.75 Å². The molecule has 1 aromatic heterocycles. The second-order valence-corrected chi connectivity index (χ2v) is 6.06. The molecule has 0 bridgehead atoms. The molecule has 0 aliphatic rings. The SMILES string of the molecule is O=C(Nc1cccc(F)c1)c1cc(COc2ccc(F)cc2F)cs1. The third kappa shape index (κ3) is 4.39. The van der Waals surface area contributed by atoms with Gasteiger partial charge >= 0.3 is 0 Å². The normalized spacial score (nSPS) is 10.5. The van der Waals surface area contributed by atoms with Gasteiger partial charge in [0.2, 0.25) is 0 Å². The lowest BCUT2D eigenvalue weighted by Crippen LogP contribution is -2.10. The summed E-state index contributed by atoms with van der Waals surface area (Å²) in [6.07, 6.45) is 0. The van der Waals surface area contributed by atoms with Gasteiger partial charge in [-0.15, -0.1) is 11.3 Å². The van der Waals surface area contributed by atoms with Crippen molar-refractivity contribution < 1.29 is 22.7 Å². The number of amides is 1. The number of hydrogen-bond donors (Lipinski definition) is 1. The summed E-state index contributed by atoms with van der Waals surface area (Å²) in [4.78, 5) is 12.5. The lowest BCUT2D eigenvalue weighted by atomic mass is 10.3. The van der Waals surface area contributed by atoms with Gasteiger partial charge in [-0.25, -0.2) is 13.2 Å². The first-order valence-electron chi connectivity index (χ1n) is 7.23. The standard InChI is InChI=1S/C18H12F3NO2S/c19-12-2-1-3-14(7-12)22-18(23)17-6-11(10-25-17)9-24-16-5-4-13(20)8-15(16)21/h1-8,10H,9H2,(H,22,23). The minimum Gasteiger partial charge on any atom is -0.486 e. The van der Waals surface area contributed by atoms with Gasteiger partial charge in [-0.05, 0) is 41.8 Å². The second-order valence-electron chi connectivity index (χ2n) is 5.15. The second kappa shape index (κ2) is 7.40. The summed E-state index contributed by atoms with van der Waals surface area (Å²) >= 11 is 1.18. The molecule has 3 rings (SSSR count). The van der Waals surface area contributed by atoms with Gasteiger partial charge in [-0.3, -0.25) is 4.79 Å². The van der Waals surface area contributed by atoms with Crippen molar-refractivity contribution in [2.45, 2.75) is 6.61 Å². The van der Waals surface area contributed by atoms with Crippen molar-refractivity contribution in [2.75, 3.05) is 5.32 Å². The zero-order valence-corrected chi connectivity index (χ0v) is 13.6. The fraction of sp³-hybridized carbons (Fsp3) is 0.0556. The van der Waals surface area contributed by atoms with E-state index in [1.165, 1.54) is 35.6 Å². The van der Waals surface area contributed by atoms with Gasteiger partial charge in [0, 0.05) is 17.3 Å². The summed E-state index contributed by atoms with van der Waals surface area (Å²) in [7, 11) is 0. The van der Waals surface area contributed by atoms with Gasteiger partial charge in [0.15, 0.2) is 11.6 Å². The molecule has 3 aromatic rings. The van der Waals surface area contributed by atoms with Crippen LogP contribution in [0.5, 0.6) is 5.75 Å². The van der Waals surface area contributed by atoms with Crippen LogP contribution in [0.2, 0.25) is 0 Å². The monoisotopic (exact) mass is 363 g/mol. The average Bonchev–Trinajstić information content (AvgIpc) is 3.03. The zero-order valence-electron chi connectivity index (χ0n) is 12.8. The predicted molar refractivity (Wildman–Crippen MR) is 89.4 cm³/mol. The molecule has 0 spiro atoms. The molecule has 0 aliphatic heterocycles. The zero-order chi connectivity index (χ0) is 17.8. The van der Waals surface area contributed by atoms with E-state index < -0.39 is 17.5 Å². The third-order valence-corrected chi connectivity index (χ3v) is 4.23. The van der Waals surface area contributed by atoms with Crippen molar-refractivity contribution in [3.63, 3.8) is 0 Å². The van der Waals surface area contributed by atoms with Gasteiger partial charge in [0.05, 0.1) is 4.88 Å². The Morgan fingerprint density at radius 1 is 1.04 bits per heavy atom. The molecule has 1 amide bonds. The highest BCUT2D eigenvalue weighted by atomic mass is 32.1. The van der Waals surface area contributed by atoms with Gasteiger partial charge in [-0.2, -0.15) is 0 Å². The molecular formula is C18H12F3NO2S. The highest BCUT2D eigenvalue weighted by Crippen LogP contribution is 2.22. The Bertz CT molecular complexity index is 911. The Kier molecular flexibility index (Phi) is 5.04. The van der Waals surface area contributed by atoms with Crippen LogP contribution in [0.25, 0.3) is 0 Å². The summed E-state index contributed by atoms with van der Waals surface area (Å²) in [5.74, 6) is -2.37. The molecule has 0 saturated heterocycles. The maximum Gasteiger partial charge on any atom is 0.265 e. The Hall–Kier alpha value is -2.80. The van der Waals surface area contributed by atoms with Crippen LogP contribution in [0.15, 0.2) is 53.9 Å². The lowest BCUT2D eigenvalue weighted by Gasteiger charge is -2.05. The van der Waals surface area contributed by atoms with Crippen LogP contribution in [0.3, 0.4) is 0 Å². The Labute approximate surface area is 145 Å². The number of nitrogens with one attached hydrogen (secondary N) is 1. The highest BCUT2D eigenvalue weighted by Gasteiger charge is 2.11. The first kappa shape index (κ1) is 17.0. The molecule has 0 aliphatic carbocycles. The molecule has 128 valence electrons. The van der Waals surface area contributed by atoms with Gasteiger partial charge in [0.25, 0.3) is 5.91 Å². The highest BCUT2D eigenvalue weighted by molar-refractivity contribution is 7.12. The fourth-order valence-corrected chi connectivity index (χ4v) is 2.87. The van der Waals surface area contributed by atoms with E-state index in [1.54, 1.807) is 17.5 Å². The number of carbonyl (C=O) groups excluding carboxylic acids is 1. The van der Waals surface area contributed by atoms with E-state index in [4.69, 9.17) is 4.74 Å². The fourth-order valence-electron chi connectivity index (χ4n) is 2.08. The Morgan fingerprint density at radius 3 is 2.60 bits per heavy atom. The van der Waals surface area contributed by atoms with Crippen LogP contribution in [-0.4, -0.2) is 5.91 Å². The van der Waals surface area contributed by atoms with E-state index in [0.717, 1.165) is 12.1 Å². The average molecular weight is 363 g/mol. The number of carbonyl (C=O) groups is 1. The molecule has 0 atom stereocenters. The van der Waals surface area contributed by atoms with Crippen LogP contribution in [-0.2, 0) is 6.61 Å². The Morgan fingerprint density at radius 2 is 1.84 bits per heavy atom. The van der Waals surface area contributed by atoms with Crippen molar-refractivity contribution in [1.82, 2.24) is 0 Å². The van der Waals surface area contributed by atoms with E-state index in [0.29, 0.717) is 16.1 Å². The first-order chi connectivity index (χ1) is 12.0. The third-order valence-electron chi connectivity index (χ3n) is 3.25. The van der Waals surface area contributed by atoms with Crippen LogP contribution in [0.4, 0.5) is 18.9 Å². The summed E-state index contributed by atoms with van der Waals surface area (Å²) in [5.41, 5.74) is 1.02. The van der Waals surface area contributed by atoms with E-state index in [9.17, 15) is 18.0 Å². The number of anilines is 1. The number of rotatable bonds is 5. The summed E-state index contributed by atoms with van der Waals surface area (Å²) in [6.45, 7) is 0.0340. The Balaban J connectivity index is 1.62. The first-order valence-corrected chi connectivity index (χ1v) is 8.11. The number of ether oxygens (including phenoxy) is 1. The van der Waals surface area contributed by atoms with Crippen LogP contribution in [0.1, 0.15) is 15.2 Å². The van der Waals surface area contributed by atoms with Crippen molar-refractivity contribution in [1.29, 1.82) is 0 Å². The lowest BCUT2D eigenvalue weighted by molar-refractivity contribution is 0.103. The summed E-state index contributed by atoms with van der Waals surface area (Å²) < 4.78 is 44.8. The van der Waals surface area contributed by atoms with E-state index in [2.05, 4.69) is 5.32 Å². The van der Waals surface area contributed by atoms with E-state index in [-0.39, 0.29) is 18.3 Å². The number of halogens is 3. The minimum absolute atomic E-state index is 0.0340. The molecule has 3 nitrogen and oxygen atoms in total. The molecule has 0 radical (unpaired) electrons. The van der Waals surface area contributed by atoms with Gasteiger partial charge < -0.3 is 10.1 Å². The summed E-state index contributed by atoms with van der Waals surface area (Å²) in [6, 6.07) is 10.2. The maximum absolute atomic E-state index is 13.5. The van der Waals surface area contributed by atoms with Crippen LogP contribution < -0.4 is 10.1 Å². The summed E-state index contributed by atoms with van der Waals surface area (Å²) in [5, 5.41) is 4.29. The molecule has 0 saturated carbocycles. The minimum atomic E-state index is -0.792. The molecule has 7 heteroatoms. The smallest absolute Gasteiger partial charge is 0.265 e. The molecule has 1 N–H and O–H groups in total. The maximum atomic E-state index is 13.5. The molecular weight excluding hydrogens is 351 g/mol. The molecule has 25 heavy (non-hydrogen) atoms. The predicted octanol–water partition coefficient (Wildman–Crippen LogP) is 5.00. The van der Waals surface area contributed by atoms with E-state index in [1.807, 2.05) is 0 Å². The number of thiophene rings is 1. The molecule has 0 fully saturated rings. The van der Waals surface area contributed by atoms with Crippen molar-refractivity contribution >= 4 is 22.9 Å². The molecule has 0 unspecified atom stereocenters. The molecule has 1 heterocycles. The van der Waals surface area contributed by atoms with E-state index >= 15 is 0 Å². The van der Waals surface area contributed by atoms with Gasteiger partial charge in [-0.1, -0.05) is 6.07 Å². The van der Waals surface area contributed by atoms with Crippen molar-refractivity contribution in [2.24, 2.45) is 0 Å². The molecule has 2 aromatic carbocycles. The number of hydrogen-bond acceptors (Lipinski definition) is 3. The largest absolute Gasteiger partial charge is 0.486 e. The van der Waals surface area contributed by atoms with Crippen LogP contribution in [0, 0.1) is 17.5 Å².